The van der Waals surface area contributed by atoms with Gasteiger partial charge in [0, 0.05) is 16.2 Å². The Morgan fingerprint density at radius 3 is 2.84 bits per heavy atom. The van der Waals surface area contributed by atoms with E-state index in [-0.39, 0.29) is 0 Å². The van der Waals surface area contributed by atoms with Crippen molar-refractivity contribution >= 4 is 32.7 Å². The van der Waals surface area contributed by atoms with E-state index in [0.29, 0.717) is 17.2 Å². The standard InChI is InChI=1S/C14H11BrN2O2/c1-18-9-3-5-12-13(7-9)19-14(17-12)10-6-8(15)2-4-11(10)16/h2-7H,16H2,1H3. The van der Waals surface area contributed by atoms with E-state index >= 15 is 0 Å². The zero-order chi connectivity index (χ0) is 13.4. The van der Waals surface area contributed by atoms with Gasteiger partial charge in [-0.25, -0.2) is 4.98 Å². The lowest BCUT2D eigenvalue weighted by Gasteiger charge is -2.01. The van der Waals surface area contributed by atoms with Crippen LogP contribution >= 0.6 is 15.9 Å². The molecule has 4 nitrogen and oxygen atoms in total. The van der Waals surface area contributed by atoms with Gasteiger partial charge < -0.3 is 14.9 Å². The SMILES string of the molecule is COc1ccc2nc(-c3cc(Br)ccc3N)oc2c1. The predicted octanol–water partition coefficient (Wildman–Crippen LogP) is 3.85. The van der Waals surface area contributed by atoms with Crippen molar-refractivity contribution in [3.63, 3.8) is 0 Å². The highest BCUT2D eigenvalue weighted by atomic mass is 79.9. The number of ether oxygens (including phenoxy) is 1. The number of benzene rings is 2. The van der Waals surface area contributed by atoms with Crippen LogP contribution in [0.1, 0.15) is 0 Å². The Hall–Kier alpha value is -2.01. The number of methoxy groups -OCH3 is 1. The van der Waals surface area contributed by atoms with Crippen LogP contribution in [-0.4, -0.2) is 12.1 Å². The fraction of sp³-hybridized carbons (Fsp3) is 0.0714. The number of anilines is 1. The van der Waals surface area contributed by atoms with Gasteiger partial charge in [0.15, 0.2) is 5.58 Å². The number of nitrogen functional groups attached to an aromatic ring is 1. The Kier molecular flexibility index (Phi) is 2.91. The molecule has 19 heavy (non-hydrogen) atoms. The van der Waals surface area contributed by atoms with Crippen molar-refractivity contribution in [1.82, 2.24) is 4.98 Å². The summed E-state index contributed by atoms with van der Waals surface area (Å²) in [5.41, 5.74) is 8.80. The summed E-state index contributed by atoms with van der Waals surface area (Å²) in [6.07, 6.45) is 0. The molecule has 0 saturated heterocycles. The van der Waals surface area contributed by atoms with E-state index in [2.05, 4.69) is 20.9 Å². The van der Waals surface area contributed by atoms with Crippen molar-refractivity contribution in [2.75, 3.05) is 12.8 Å². The third-order valence-electron chi connectivity index (χ3n) is 2.84. The normalized spacial score (nSPS) is 10.8. The quantitative estimate of drug-likeness (QED) is 0.729. The predicted molar refractivity (Wildman–Crippen MR) is 78.1 cm³/mol. The molecule has 0 aliphatic heterocycles. The van der Waals surface area contributed by atoms with Gasteiger partial charge in [0.1, 0.15) is 11.3 Å². The molecule has 0 aliphatic carbocycles. The van der Waals surface area contributed by atoms with Crippen molar-refractivity contribution < 1.29 is 9.15 Å². The van der Waals surface area contributed by atoms with E-state index in [9.17, 15) is 0 Å². The minimum Gasteiger partial charge on any atom is -0.497 e. The van der Waals surface area contributed by atoms with Gasteiger partial charge in [-0.05, 0) is 30.3 Å². The van der Waals surface area contributed by atoms with Crippen LogP contribution in [0.4, 0.5) is 5.69 Å². The number of hydrogen-bond acceptors (Lipinski definition) is 4. The fourth-order valence-corrected chi connectivity index (χ4v) is 2.22. The van der Waals surface area contributed by atoms with Crippen molar-refractivity contribution in [1.29, 1.82) is 0 Å². The molecule has 1 heterocycles. The Labute approximate surface area is 118 Å². The second-order valence-corrected chi connectivity index (χ2v) is 5.00. The van der Waals surface area contributed by atoms with Gasteiger partial charge in [0.2, 0.25) is 5.89 Å². The minimum absolute atomic E-state index is 0.502. The molecule has 96 valence electrons. The lowest BCUT2D eigenvalue weighted by molar-refractivity contribution is 0.414. The second-order valence-electron chi connectivity index (χ2n) is 4.08. The first-order valence-corrected chi connectivity index (χ1v) is 6.46. The lowest BCUT2D eigenvalue weighted by atomic mass is 10.2. The highest BCUT2D eigenvalue weighted by Gasteiger charge is 2.12. The Morgan fingerprint density at radius 2 is 2.05 bits per heavy atom. The monoisotopic (exact) mass is 318 g/mol. The van der Waals surface area contributed by atoms with E-state index in [1.165, 1.54) is 0 Å². The summed E-state index contributed by atoms with van der Waals surface area (Å²) in [4.78, 5) is 4.44. The van der Waals surface area contributed by atoms with Crippen molar-refractivity contribution in [2.45, 2.75) is 0 Å². The average molecular weight is 319 g/mol. The summed E-state index contributed by atoms with van der Waals surface area (Å²) in [7, 11) is 1.62. The van der Waals surface area contributed by atoms with E-state index in [0.717, 1.165) is 21.3 Å². The summed E-state index contributed by atoms with van der Waals surface area (Å²) in [6.45, 7) is 0. The molecule has 2 N–H and O–H groups in total. The van der Waals surface area contributed by atoms with E-state index < -0.39 is 0 Å². The number of rotatable bonds is 2. The molecule has 2 aromatic carbocycles. The van der Waals surface area contributed by atoms with Gasteiger partial charge in [-0.15, -0.1) is 0 Å². The largest absolute Gasteiger partial charge is 0.497 e. The van der Waals surface area contributed by atoms with Gasteiger partial charge in [-0.2, -0.15) is 0 Å². The molecule has 0 atom stereocenters. The van der Waals surface area contributed by atoms with Crippen LogP contribution in [-0.2, 0) is 0 Å². The molecular formula is C14H11BrN2O2. The molecule has 1 aromatic heterocycles. The van der Waals surface area contributed by atoms with Gasteiger partial charge in [0.05, 0.1) is 12.7 Å². The number of fused-ring (bicyclic) bond motifs is 1. The van der Waals surface area contributed by atoms with Crippen LogP contribution in [0.15, 0.2) is 45.3 Å². The summed E-state index contributed by atoms with van der Waals surface area (Å²) in [5, 5.41) is 0. The van der Waals surface area contributed by atoms with Crippen molar-refractivity contribution in [2.24, 2.45) is 0 Å². The highest BCUT2D eigenvalue weighted by molar-refractivity contribution is 9.10. The lowest BCUT2D eigenvalue weighted by Crippen LogP contribution is -1.89. The molecule has 0 amide bonds. The van der Waals surface area contributed by atoms with Gasteiger partial charge in [-0.1, -0.05) is 15.9 Å². The first kappa shape index (κ1) is 12.0. The molecule has 0 aliphatic rings. The zero-order valence-electron chi connectivity index (χ0n) is 10.2. The average Bonchev–Trinajstić information content (AvgIpc) is 2.83. The molecule has 0 saturated carbocycles. The Balaban J connectivity index is 2.17. The molecule has 3 rings (SSSR count). The molecule has 0 spiro atoms. The highest BCUT2D eigenvalue weighted by Crippen LogP contribution is 2.31. The van der Waals surface area contributed by atoms with Crippen LogP contribution < -0.4 is 10.5 Å². The molecule has 0 unspecified atom stereocenters. The summed E-state index contributed by atoms with van der Waals surface area (Å²) >= 11 is 3.42. The van der Waals surface area contributed by atoms with E-state index in [1.807, 2.05) is 30.3 Å². The third kappa shape index (κ3) is 2.17. The fourth-order valence-electron chi connectivity index (χ4n) is 1.86. The maximum Gasteiger partial charge on any atom is 0.229 e. The van der Waals surface area contributed by atoms with Crippen LogP contribution in [0.5, 0.6) is 5.75 Å². The molecule has 0 fully saturated rings. The van der Waals surface area contributed by atoms with Crippen LogP contribution in [0.25, 0.3) is 22.6 Å². The smallest absolute Gasteiger partial charge is 0.229 e. The minimum atomic E-state index is 0.502. The van der Waals surface area contributed by atoms with Crippen LogP contribution in [0.2, 0.25) is 0 Å². The second kappa shape index (κ2) is 4.59. The number of nitrogens with zero attached hydrogens (tertiary/aromatic N) is 1. The van der Waals surface area contributed by atoms with Crippen LogP contribution in [0.3, 0.4) is 0 Å². The molecule has 0 radical (unpaired) electrons. The zero-order valence-corrected chi connectivity index (χ0v) is 11.8. The molecule has 0 bridgehead atoms. The summed E-state index contributed by atoms with van der Waals surface area (Å²) < 4.78 is 11.8. The summed E-state index contributed by atoms with van der Waals surface area (Å²) in [6, 6.07) is 11.1. The maximum atomic E-state index is 5.95. The number of aromatic nitrogens is 1. The Morgan fingerprint density at radius 1 is 1.21 bits per heavy atom. The molecule has 3 aromatic rings. The first-order chi connectivity index (χ1) is 9.17. The number of nitrogens with two attached hydrogens (primary N) is 1. The number of halogens is 1. The van der Waals surface area contributed by atoms with Gasteiger partial charge >= 0.3 is 0 Å². The maximum absolute atomic E-state index is 5.95. The number of oxazole rings is 1. The van der Waals surface area contributed by atoms with Gasteiger partial charge in [0.25, 0.3) is 0 Å². The topological polar surface area (TPSA) is 61.3 Å². The van der Waals surface area contributed by atoms with Gasteiger partial charge in [-0.3, -0.25) is 0 Å². The van der Waals surface area contributed by atoms with Crippen LogP contribution in [0, 0.1) is 0 Å². The van der Waals surface area contributed by atoms with E-state index in [4.69, 9.17) is 14.9 Å². The van der Waals surface area contributed by atoms with Crippen molar-refractivity contribution in [3.8, 4) is 17.2 Å². The Bertz CT molecular complexity index is 752. The summed E-state index contributed by atoms with van der Waals surface area (Å²) in [5.74, 6) is 1.24. The third-order valence-corrected chi connectivity index (χ3v) is 3.33. The van der Waals surface area contributed by atoms with Crippen molar-refractivity contribution in [3.05, 3.63) is 40.9 Å². The molecular weight excluding hydrogens is 308 g/mol. The first-order valence-electron chi connectivity index (χ1n) is 5.67. The molecule has 5 heteroatoms. The van der Waals surface area contributed by atoms with E-state index in [1.54, 1.807) is 13.2 Å². The number of hydrogen-bond donors (Lipinski definition) is 1.